The van der Waals surface area contributed by atoms with Gasteiger partial charge in [0.05, 0.1) is 22.2 Å². The van der Waals surface area contributed by atoms with E-state index in [0.717, 1.165) is 44.8 Å². The molecule has 0 N–H and O–H groups in total. The first-order valence-electron chi connectivity index (χ1n) is 6.88. The maximum absolute atomic E-state index is 10.7. The number of hydrogen-bond donors (Lipinski definition) is 0. The molecule has 1 aromatic rings. The van der Waals surface area contributed by atoms with E-state index in [2.05, 4.69) is 4.90 Å². The van der Waals surface area contributed by atoms with Gasteiger partial charge in [0, 0.05) is 31.8 Å². The van der Waals surface area contributed by atoms with Crippen LogP contribution in [0.25, 0.3) is 0 Å². The van der Waals surface area contributed by atoms with Crippen LogP contribution in [0.5, 0.6) is 0 Å². The van der Waals surface area contributed by atoms with Crippen LogP contribution in [0.3, 0.4) is 0 Å². The van der Waals surface area contributed by atoms with Gasteiger partial charge in [-0.3, -0.25) is 10.1 Å². The third-order valence-corrected chi connectivity index (χ3v) is 3.86. The Bertz CT molecular complexity index is 481. The Morgan fingerprint density at radius 2 is 2.35 bits per heavy atom. The van der Waals surface area contributed by atoms with Crippen molar-refractivity contribution in [1.82, 2.24) is 0 Å². The summed E-state index contributed by atoms with van der Waals surface area (Å²) < 4.78 is 5.49. The average Bonchev–Trinajstić information content (AvgIpc) is 2.45. The molecular weight excluding hydrogens is 280 g/mol. The van der Waals surface area contributed by atoms with E-state index in [-0.39, 0.29) is 5.69 Å². The largest absolute Gasteiger partial charge is 0.381 e. The number of anilines is 1. The van der Waals surface area contributed by atoms with Crippen LogP contribution in [0.15, 0.2) is 18.2 Å². The van der Waals surface area contributed by atoms with E-state index in [9.17, 15) is 10.1 Å². The molecule has 1 aliphatic rings. The van der Waals surface area contributed by atoms with Crippen LogP contribution in [0.2, 0.25) is 5.02 Å². The molecule has 0 amide bonds. The van der Waals surface area contributed by atoms with E-state index in [1.54, 1.807) is 6.07 Å². The highest BCUT2D eigenvalue weighted by molar-refractivity contribution is 6.33. The minimum atomic E-state index is -0.427. The molecule has 1 unspecified atom stereocenters. The van der Waals surface area contributed by atoms with Gasteiger partial charge >= 0.3 is 0 Å². The van der Waals surface area contributed by atoms with E-state index in [0.29, 0.717) is 10.9 Å². The Morgan fingerprint density at radius 1 is 1.55 bits per heavy atom. The van der Waals surface area contributed by atoms with Gasteiger partial charge in [-0.15, -0.1) is 0 Å². The Kier molecular flexibility index (Phi) is 5.20. The van der Waals surface area contributed by atoms with Crippen molar-refractivity contribution < 1.29 is 9.66 Å². The van der Waals surface area contributed by atoms with E-state index in [4.69, 9.17) is 16.3 Å². The smallest absolute Gasteiger partial charge is 0.271 e. The lowest BCUT2D eigenvalue weighted by Gasteiger charge is -2.34. The fourth-order valence-electron chi connectivity index (χ4n) is 2.57. The second kappa shape index (κ2) is 6.90. The summed E-state index contributed by atoms with van der Waals surface area (Å²) in [6, 6.07) is 4.67. The van der Waals surface area contributed by atoms with Crippen LogP contribution in [-0.2, 0) is 4.74 Å². The first kappa shape index (κ1) is 15.1. The summed E-state index contributed by atoms with van der Waals surface area (Å²) in [5, 5.41) is 11.2. The molecule has 0 radical (unpaired) electrons. The minimum Gasteiger partial charge on any atom is -0.381 e. The number of rotatable bonds is 5. The van der Waals surface area contributed by atoms with Crippen LogP contribution in [0.1, 0.15) is 19.8 Å². The normalized spacial score (nSPS) is 19.1. The number of halogens is 1. The van der Waals surface area contributed by atoms with E-state index in [1.165, 1.54) is 12.1 Å². The predicted molar refractivity (Wildman–Crippen MR) is 79.5 cm³/mol. The molecule has 0 saturated carbocycles. The number of piperidine rings is 1. The highest BCUT2D eigenvalue weighted by Crippen LogP contribution is 2.32. The van der Waals surface area contributed by atoms with Gasteiger partial charge in [0.15, 0.2) is 0 Å². The third kappa shape index (κ3) is 3.61. The van der Waals surface area contributed by atoms with Gasteiger partial charge in [0.2, 0.25) is 0 Å². The monoisotopic (exact) mass is 298 g/mol. The molecule has 1 aromatic carbocycles. The quantitative estimate of drug-likeness (QED) is 0.616. The van der Waals surface area contributed by atoms with Crippen molar-refractivity contribution in [2.75, 3.05) is 31.2 Å². The van der Waals surface area contributed by atoms with Gasteiger partial charge in [-0.2, -0.15) is 0 Å². The van der Waals surface area contributed by atoms with Crippen molar-refractivity contribution in [3.63, 3.8) is 0 Å². The molecule has 1 fully saturated rings. The predicted octanol–water partition coefficient (Wildman–Crippen LogP) is 3.50. The molecule has 0 aromatic heterocycles. The molecular formula is C14H19ClN2O3. The zero-order valence-corrected chi connectivity index (χ0v) is 12.3. The number of hydrogen-bond acceptors (Lipinski definition) is 4. The number of ether oxygens (including phenoxy) is 1. The number of non-ortho nitro benzene ring substituents is 1. The van der Waals surface area contributed by atoms with Gasteiger partial charge in [-0.25, -0.2) is 0 Å². The van der Waals surface area contributed by atoms with Gasteiger partial charge < -0.3 is 9.64 Å². The van der Waals surface area contributed by atoms with Crippen molar-refractivity contribution in [3.05, 3.63) is 33.3 Å². The molecule has 20 heavy (non-hydrogen) atoms. The summed E-state index contributed by atoms with van der Waals surface area (Å²) in [6.45, 7) is 5.30. The summed E-state index contributed by atoms with van der Waals surface area (Å²) in [5.41, 5.74) is 0.903. The summed E-state index contributed by atoms with van der Waals surface area (Å²) in [6.07, 6.45) is 2.24. The van der Waals surface area contributed by atoms with E-state index >= 15 is 0 Å². The van der Waals surface area contributed by atoms with E-state index < -0.39 is 4.92 Å². The molecule has 1 atom stereocenters. The van der Waals surface area contributed by atoms with Crippen LogP contribution in [0.4, 0.5) is 11.4 Å². The van der Waals surface area contributed by atoms with Gasteiger partial charge in [-0.1, -0.05) is 11.6 Å². The van der Waals surface area contributed by atoms with E-state index in [1.807, 2.05) is 6.92 Å². The summed E-state index contributed by atoms with van der Waals surface area (Å²) in [7, 11) is 0. The Morgan fingerprint density at radius 3 is 3.00 bits per heavy atom. The topological polar surface area (TPSA) is 55.6 Å². The average molecular weight is 299 g/mol. The van der Waals surface area contributed by atoms with Crippen LogP contribution in [0, 0.1) is 16.0 Å². The van der Waals surface area contributed by atoms with Gasteiger partial charge in [0.1, 0.15) is 0 Å². The molecule has 0 spiro atoms. The van der Waals surface area contributed by atoms with Gasteiger partial charge in [-0.05, 0) is 31.7 Å². The minimum absolute atomic E-state index is 0.0293. The fourth-order valence-corrected chi connectivity index (χ4v) is 2.86. The number of nitrogens with zero attached hydrogens (tertiary/aromatic N) is 2. The van der Waals surface area contributed by atoms with Crippen molar-refractivity contribution in [2.45, 2.75) is 19.8 Å². The van der Waals surface area contributed by atoms with Crippen LogP contribution >= 0.6 is 11.6 Å². The molecule has 2 rings (SSSR count). The molecule has 110 valence electrons. The van der Waals surface area contributed by atoms with Crippen LogP contribution < -0.4 is 4.90 Å². The second-order valence-electron chi connectivity index (χ2n) is 5.01. The Balaban J connectivity index is 2.08. The summed E-state index contributed by atoms with van der Waals surface area (Å²) >= 11 is 6.18. The molecule has 5 nitrogen and oxygen atoms in total. The Hall–Kier alpha value is -1.33. The van der Waals surface area contributed by atoms with Crippen molar-refractivity contribution in [3.8, 4) is 0 Å². The summed E-state index contributed by atoms with van der Waals surface area (Å²) in [4.78, 5) is 12.5. The van der Waals surface area contributed by atoms with Crippen molar-refractivity contribution in [2.24, 2.45) is 5.92 Å². The molecule has 6 heteroatoms. The van der Waals surface area contributed by atoms with Gasteiger partial charge in [0.25, 0.3) is 5.69 Å². The molecule has 1 heterocycles. The van der Waals surface area contributed by atoms with Crippen molar-refractivity contribution in [1.29, 1.82) is 0 Å². The third-order valence-electron chi connectivity index (χ3n) is 3.56. The molecule has 0 aliphatic carbocycles. The van der Waals surface area contributed by atoms with Crippen molar-refractivity contribution >= 4 is 23.0 Å². The molecule has 0 bridgehead atoms. The SMILES string of the molecule is CCOCC1CCCN(c2ccc([N+](=O)[O-])cc2Cl)C1. The fraction of sp³-hybridized carbons (Fsp3) is 0.571. The zero-order chi connectivity index (χ0) is 14.5. The lowest BCUT2D eigenvalue weighted by atomic mass is 9.98. The first-order chi connectivity index (χ1) is 9.61. The molecule has 1 aliphatic heterocycles. The number of nitro benzene ring substituents is 1. The highest BCUT2D eigenvalue weighted by atomic mass is 35.5. The number of nitro groups is 1. The standard InChI is InChI=1S/C14H19ClN2O3/c1-2-20-10-11-4-3-7-16(9-11)14-6-5-12(17(18)19)8-13(14)15/h5-6,8,11H,2-4,7,9-10H2,1H3. The zero-order valence-electron chi connectivity index (χ0n) is 11.5. The van der Waals surface area contributed by atoms with Crippen LogP contribution in [-0.4, -0.2) is 31.2 Å². The lowest BCUT2D eigenvalue weighted by Crippen LogP contribution is -2.37. The lowest BCUT2D eigenvalue weighted by molar-refractivity contribution is -0.384. The second-order valence-corrected chi connectivity index (χ2v) is 5.41. The maximum Gasteiger partial charge on any atom is 0.271 e. The highest BCUT2D eigenvalue weighted by Gasteiger charge is 2.22. The first-order valence-corrected chi connectivity index (χ1v) is 7.26. The Labute approximate surface area is 123 Å². The number of benzene rings is 1. The summed E-state index contributed by atoms with van der Waals surface area (Å²) in [5.74, 6) is 0.495. The maximum atomic E-state index is 10.7. The molecule has 1 saturated heterocycles.